The fourth-order valence-electron chi connectivity index (χ4n) is 2.22. The van der Waals surface area contributed by atoms with E-state index in [1.807, 2.05) is 12.1 Å². The number of aryl methyl sites for hydroxylation is 1. The first kappa shape index (κ1) is 18.1. The monoisotopic (exact) mass is 302 g/mol. The number of hydrogen-bond donors (Lipinski definition) is 1. The molecule has 0 aliphatic carbocycles. The summed E-state index contributed by atoms with van der Waals surface area (Å²) in [5, 5.41) is 9.69. The van der Waals surface area contributed by atoms with Crippen LogP contribution in [0.15, 0.2) is 24.3 Å². The number of ether oxygens (including phenoxy) is 1. The summed E-state index contributed by atoms with van der Waals surface area (Å²) in [6.07, 6.45) is 6.39. The SMILES string of the molecule is CCCCCCC(C#CCCc1ccccc1O)OC(C)=O. The molecule has 0 aliphatic heterocycles. The summed E-state index contributed by atoms with van der Waals surface area (Å²) in [4.78, 5) is 11.1. The van der Waals surface area contributed by atoms with Gasteiger partial charge in [-0.3, -0.25) is 4.79 Å². The van der Waals surface area contributed by atoms with Crippen LogP contribution in [0.3, 0.4) is 0 Å². The lowest BCUT2D eigenvalue weighted by molar-refractivity contribution is -0.144. The van der Waals surface area contributed by atoms with E-state index in [2.05, 4.69) is 18.8 Å². The second-order valence-corrected chi connectivity index (χ2v) is 5.40. The van der Waals surface area contributed by atoms with Crippen molar-refractivity contribution in [3.05, 3.63) is 29.8 Å². The van der Waals surface area contributed by atoms with Crippen LogP contribution in [0.25, 0.3) is 0 Å². The number of esters is 1. The number of carbonyl (C=O) groups excluding carboxylic acids is 1. The third-order valence-electron chi connectivity index (χ3n) is 3.40. The minimum Gasteiger partial charge on any atom is -0.508 e. The third kappa shape index (κ3) is 7.73. The summed E-state index contributed by atoms with van der Waals surface area (Å²) < 4.78 is 5.24. The van der Waals surface area contributed by atoms with Gasteiger partial charge in [0.25, 0.3) is 0 Å². The van der Waals surface area contributed by atoms with Crippen LogP contribution in [0, 0.1) is 11.8 Å². The molecule has 3 nitrogen and oxygen atoms in total. The molecule has 3 heteroatoms. The van der Waals surface area contributed by atoms with Crippen LogP contribution in [0.2, 0.25) is 0 Å². The zero-order valence-corrected chi connectivity index (χ0v) is 13.6. The number of unbranched alkanes of at least 4 members (excludes halogenated alkanes) is 3. The summed E-state index contributed by atoms with van der Waals surface area (Å²) in [5.74, 6) is 6.14. The first-order valence-electron chi connectivity index (χ1n) is 8.06. The van der Waals surface area contributed by atoms with Gasteiger partial charge in [0.2, 0.25) is 0 Å². The molecule has 0 heterocycles. The molecule has 0 saturated heterocycles. The number of benzene rings is 1. The molecule has 0 radical (unpaired) electrons. The molecule has 0 amide bonds. The van der Waals surface area contributed by atoms with Gasteiger partial charge in [-0.05, 0) is 30.9 Å². The summed E-state index contributed by atoms with van der Waals surface area (Å²) in [5.41, 5.74) is 0.892. The molecule has 1 aromatic rings. The van der Waals surface area contributed by atoms with Gasteiger partial charge in [0.15, 0.2) is 6.10 Å². The van der Waals surface area contributed by atoms with Gasteiger partial charge < -0.3 is 9.84 Å². The molecular formula is C19H26O3. The molecule has 1 rings (SSSR count). The predicted octanol–water partition coefficient (Wildman–Crippen LogP) is 4.23. The topological polar surface area (TPSA) is 46.5 Å². The van der Waals surface area contributed by atoms with Crippen molar-refractivity contribution in [3.63, 3.8) is 0 Å². The van der Waals surface area contributed by atoms with Crippen molar-refractivity contribution in [3.8, 4) is 17.6 Å². The van der Waals surface area contributed by atoms with Gasteiger partial charge in [0.1, 0.15) is 5.75 Å². The maximum absolute atomic E-state index is 11.1. The maximum atomic E-state index is 11.1. The van der Waals surface area contributed by atoms with E-state index in [0.717, 1.165) is 24.8 Å². The number of phenols is 1. The third-order valence-corrected chi connectivity index (χ3v) is 3.40. The number of phenolic OH excluding ortho intramolecular Hbond substituents is 1. The van der Waals surface area contributed by atoms with Gasteiger partial charge in [0.05, 0.1) is 0 Å². The standard InChI is InChI=1S/C19H26O3/c1-3-4-5-6-13-18(22-16(2)20)14-9-7-11-17-12-8-10-15-19(17)21/h8,10,12,15,18,21H,3-7,11,13H2,1-2H3. The zero-order chi connectivity index (χ0) is 16.2. The van der Waals surface area contributed by atoms with Crippen LogP contribution in [0.5, 0.6) is 5.75 Å². The molecule has 0 fully saturated rings. The van der Waals surface area contributed by atoms with Crippen LogP contribution in [0.1, 0.15) is 57.9 Å². The quantitative estimate of drug-likeness (QED) is 0.444. The van der Waals surface area contributed by atoms with Gasteiger partial charge in [-0.2, -0.15) is 0 Å². The Kier molecular flexibility index (Phi) is 8.83. The Bertz CT molecular complexity index is 511. The second-order valence-electron chi connectivity index (χ2n) is 5.40. The highest BCUT2D eigenvalue weighted by Crippen LogP contribution is 2.17. The fraction of sp³-hybridized carbons (Fsp3) is 0.526. The van der Waals surface area contributed by atoms with E-state index in [0.29, 0.717) is 18.6 Å². The molecule has 120 valence electrons. The molecular weight excluding hydrogens is 276 g/mol. The number of aromatic hydroxyl groups is 1. The largest absolute Gasteiger partial charge is 0.508 e. The zero-order valence-electron chi connectivity index (χ0n) is 13.6. The molecule has 0 spiro atoms. The molecule has 1 unspecified atom stereocenters. The lowest BCUT2D eigenvalue weighted by Gasteiger charge is -2.10. The van der Waals surface area contributed by atoms with Crippen molar-refractivity contribution in [1.29, 1.82) is 0 Å². The Balaban J connectivity index is 2.44. The summed E-state index contributed by atoms with van der Waals surface area (Å²) in [6.45, 7) is 3.59. The van der Waals surface area contributed by atoms with Crippen LogP contribution in [-0.4, -0.2) is 17.2 Å². The minimum atomic E-state index is -0.307. The summed E-state index contributed by atoms with van der Waals surface area (Å²) in [7, 11) is 0. The van der Waals surface area contributed by atoms with Crippen molar-refractivity contribution in [2.24, 2.45) is 0 Å². The molecule has 0 aromatic heterocycles. The second kappa shape index (κ2) is 10.7. The van der Waals surface area contributed by atoms with Crippen molar-refractivity contribution in [1.82, 2.24) is 0 Å². The molecule has 0 bridgehead atoms. The Labute approximate surface area is 133 Å². The first-order valence-corrected chi connectivity index (χ1v) is 8.06. The molecule has 22 heavy (non-hydrogen) atoms. The van der Waals surface area contributed by atoms with Gasteiger partial charge in [-0.25, -0.2) is 0 Å². The Hall–Kier alpha value is -1.95. The summed E-state index contributed by atoms with van der Waals surface area (Å²) >= 11 is 0. The molecule has 0 aliphatic rings. The van der Waals surface area contributed by atoms with Crippen molar-refractivity contribution >= 4 is 5.97 Å². The van der Waals surface area contributed by atoms with Crippen molar-refractivity contribution < 1.29 is 14.6 Å². The van der Waals surface area contributed by atoms with Crippen LogP contribution >= 0.6 is 0 Å². The van der Waals surface area contributed by atoms with E-state index < -0.39 is 0 Å². The van der Waals surface area contributed by atoms with E-state index in [9.17, 15) is 9.90 Å². The number of rotatable bonds is 8. The number of hydrogen-bond acceptors (Lipinski definition) is 3. The average Bonchev–Trinajstić information content (AvgIpc) is 2.49. The predicted molar refractivity (Wildman–Crippen MR) is 88.5 cm³/mol. The lowest BCUT2D eigenvalue weighted by atomic mass is 10.1. The number of para-hydroxylation sites is 1. The van der Waals surface area contributed by atoms with Crippen LogP contribution in [-0.2, 0) is 16.0 Å². The fourth-order valence-corrected chi connectivity index (χ4v) is 2.22. The Morgan fingerprint density at radius 1 is 1.27 bits per heavy atom. The molecule has 1 aromatic carbocycles. The van der Waals surface area contributed by atoms with E-state index in [4.69, 9.17) is 4.74 Å². The van der Waals surface area contributed by atoms with E-state index in [-0.39, 0.29) is 12.1 Å². The minimum absolute atomic E-state index is 0.282. The van der Waals surface area contributed by atoms with Gasteiger partial charge in [-0.1, -0.05) is 56.2 Å². The normalized spacial score (nSPS) is 11.4. The van der Waals surface area contributed by atoms with Gasteiger partial charge in [-0.15, -0.1) is 0 Å². The lowest BCUT2D eigenvalue weighted by Crippen LogP contribution is -2.14. The number of carbonyl (C=O) groups is 1. The maximum Gasteiger partial charge on any atom is 0.303 e. The Morgan fingerprint density at radius 3 is 2.73 bits per heavy atom. The Morgan fingerprint density at radius 2 is 2.05 bits per heavy atom. The highest BCUT2D eigenvalue weighted by molar-refractivity contribution is 5.66. The van der Waals surface area contributed by atoms with Crippen LogP contribution < -0.4 is 0 Å². The van der Waals surface area contributed by atoms with Gasteiger partial charge in [0, 0.05) is 13.3 Å². The molecule has 1 atom stereocenters. The summed E-state index contributed by atoms with van der Waals surface area (Å²) in [6, 6.07) is 7.28. The van der Waals surface area contributed by atoms with Crippen molar-refractivity contribution in [2.45, 2.75) is 64.9 Å². The highest BCUT2D eigenvalue weighted by atomic mass is 16.5. The smallest absolute Gasteiger partial charge is 0.303 e. The van der Waals surface area contributed by atoms with E-state index in [1.54, 1.807) is 12.1 Å². The molecule has 1 N–H and O–H groups in total. The van der Waals surface area contributed by atoms with Gasteiger partial charge >= 0.3 is 5.97 Å². The molecule has 0 saturated carbocycles. The first-order chi connectivity index (χ1) is 10.6. The van der Waals surface area contributed by atoms with Crippen LogP contribution in [0.4, 0.5) is 0 Å². The van der Waals surface area contributed by atoms with Crippen molar-refractivity contribution in [2.75, 3.05) is 0 Å². The highest BCUT2D eigenvalue weighted by Gasteiger charge is 2.08. The van der Waals surface area contributed by atoms with E-state index in [1.165, 1.54) is 19.8 Å². The average molecular weight is 302 g/mol. The van der Waals surface area contributed by atoms with E-state index >= 15 is 0 Å².